The molecule has 0 saturated heterocycles. The van der Waals surface area contributed by atoms with Crippen LogP contribution >= 0.6 is 0 Å². The number of amides is 2. The van der Waals surface area contributed by atoms with Crippen LogP contribution in [0.2, 0.25) is 0 Å². The zero-order valence-electron chi connectivity index (χ0n) is 16.5. The highest BCUT2D eigenvalue weighted by Crippen LogP contribution is 2.18. The second kappa shape index (κ2) is 10.8. The number of benzene rings is 1. The van der Waals surface area contributed by atoms with Crippen molar-refractivity contribution in [1.82, 2.24) is 14.9 Å². The number of nitrogens with zero attached hydrogens (tertiary/aromatic N) is 1. The second-order valence-electron chi connectivity index (χ2n) is 6.35. The fraction of sp³-hybridized carbons (Fsp3) is 0.500. The molecular weight excluding hydrogens is 386 g/mol. The maximum absolute atomic E-state index is 12.5. The first kappa shape index (κ1) is 23.6. The molecule has 0 bridgehead atoms. The van der Waals surface area contributed by atoms with Gasteiger partial charge in [-0.15, -0.1) is 0 Å². The Bertz CT molecular complexity index is 807. The normalized spacial score (nSPS) is 11.4. The van der Waals surface area contributed by atoms with Gasteiger partial charge in [0.05, 0.1) is 17.0 Å². The van der Waals surface area contributed by atoms with Gasteiger partial charge in [0, 0.05) is 19.6 Å². The molecule has 0 aliphatic heterocycles. The zero-order valence-corrected chi connectivity index (χ0v) is 17.3. The van der Waals surface area contributed by atoms with E-state index in [1.165, 1.54) is 35.6 Å². The lowest BCUT2D eigenvalue weighted by molar-refractivity contribution is -0.127. The Hall–Kier alpha value is -2.46. The average Bonchev–Trinajstić information content (AvgIpc) is 2.68. The van der Waals surface area contributed by atoms with Gasteiger partial charge in [0.15, 0.2) is 6.61 Å². The second-order valence-corrected chi connectivity index (χ2v) is 8.34. The quantitative estimate of drug-likeness (QED) is 0.539. The molecule has 28 heavy (non-hydrogen) atoms. The SMILES string of the molecule is CCCNC(=O)CNC(=O)COC(=O)c1cccc(S(=O)(=O)N(C)C(C)C)c1. The van der Waals surface area contributed by atoms with E-state index in [-0.39, 0.29) is 29.0 Å². The first-order chi connectivity index (χ1) is 13.1. The Morgan fingerprint density at radius 1 is 1.14 bits per heavy atom. The lowest BCUT2D eigenvalue weighted by atomic mass is 10.2. The molecule has 0 spiro atoms. The van der Waals surface area contributed by atoms with Crippen molar-refractivity contribution in [3.63, 3.8) is 0 Å². The van der Waals surface area contributed by atoms with Crippen molar-refractivity contribution in [3.8, 4) is 0 Å². The maximum Gasteiger partial charge on any atom is 0.338 e. The van der Waals surface area contributed by atoms with Gasteiger partial charge in [-0.2, -0.15) is 4.31 Å². The van der Waals surface area contributed by atoms with E-state index in [1.54, 1.807) is 13.8 Å². The molecule has 9 nitrogen and oxygen atoms in total. The molecule has 0 unspecified atom stereocenters. The van der Waals surface area contributed by atoms with Gasteiger partial charge in [-0.05, 0) is 38.5 Å². The summed E-state index contributed by atoms with van der Waals surface area (Å²) in [6.07, 6.45) is 0.777. The molecule has 0 heterocycles. The fourth-order valence-electron chi connectivity index (χ4n) is 2.00. The van der Waals surface area contributed by atoms with Crippen LogP contribution in [0, 0.1) is 0 Å². The van der Waals surface area contributed by atoms with E-state index >= 15 is 0 Å². The topological polar surface area (TPSA) is 122 Å². The number of esters is 1. The van der Waals surface area contributed by atoms with Crippen LogP contribution in [-0.4, -0.2) is 63.3 Å². The molecule has 2 N–H and O–H groups in total. The number of hydrogen-bond acceptors (Lipinski definition) is 6. The van der Waals surface area contributed by atoms with Gasteiger partial charge in [-0.1, -0.05) is 13.0 Å². The predicted octanol–water partition coefficient (Wildman–Crippen LogP) is 0.515. The van der Waals surface area contributed by atoms with Crippen LogP contribution in [0.5, 0.6) is 0 Å². The highest BCUT2D eigenvalue weighted by molar-refractivity contribution is 7.89. The van der Waals surface area contributed by atoms with Crippen LogP contribution in [0.15, 0.2) is 29.2 Å². The molecule has 0 atom stereocenters. The Kier molecular flexibility index (Phi) is 9.07. The molecule has 2 amide bonds. The van der Waals surface area contributed by atoms with E-state index in [4.69, 9.17) is 4.74 Å². The van der Waals surface area contributed by atoms with Gasteiger partial charge >= 0.3 is 5.97 Å². The summed E-state index contributed by atoms with van der Waals surface area (Å²) in [5, 5.41) is 4.92. The van der Waals surface area contributed by atoms with Gasteiger partial charge in [0.25, 0.3) is 5.91 Å². The Morgan fingerprint density at radius 2 is 1.82 bits per heavy atom. The molecule has 0 aliphatic carbocycles. The highest BCUT2D eigenvalue weighted by Gasteiger charge is 2.24. The molecular formula is C18H27N3O6S. The maximum atomic E-state index is 12.5. The largest absolute Gasteiger partial charge is 0.452 e. The minimum atomic E-state index is -3.75. The fourth-order valence-corrected chi connectivity index (χ4v) is 3.41. The lowest BCUT2D eigenvalue weighted by Crippen LogP contribution is -2.38. The van der Waals surface area contributed by atoms with Gasteiger partial charge in [0.2, 0.25) is 15.9 Å². The number of ether oxygens (including phenoxy) is 1. The molecule has 10 heteroatoms. The summed E-state index contributed by atoms with van der Waals surface area (Å²) in [4.78, 5) is 35.2. The van der Waals surface area contributed by atoms with E-state index in [9.17, 15) is 22.8 Å². The number of nitrogens with one attached hydrogen (secondary N) is 2. The summed E-state index contributed by atoms with van der Waals surface area (Å²) in [6.45, 7) is 5.08. The summed E-state index contributed by atoms with van der Waals surface area (Å²) in [5.41, 5.74) is 0.00622. The van der Waals surface area contributed by atoms with Crippen molar-refractivity contribution >= 4 is 27.8 Å². The van der Waals surface area contributed by atoms with Crippen molar-refractivity contribution in [2.45, 2.75) is 38.1 Å². The number of sulfonamides is 1. The predicted molar refractivity (Wildman–Crippen MR) is 103 cm³/mol. The molecule has 1 rings (SSSR count). The first-order valence-electron chi connectivity index (χ1n) is 8.88. The van der Waals surface area contributed by atoms with E-state index in [1.807, 2.05) is 6.92 Å². The van der Waals surface area contributed by atoms with Crippen LogP contribution in [0.25, 0.3) is 0 Å². The van der Waals surface area contributed by atoms with E-state index in [0.29, 0.717) is 6.54 Å². The van der Waals surface area contributed by atoms with Crippen molar-refractivity contribution in [1.29, 1.82) is 0 Å². The van der Waals surface area contributed by atoms with Gasteiger partial charge in [-0.25, -0.2) is 13.2 Å². The van der Waals surface area contributed by atoms with Crippen molar-refractivity contribution in [3.05, 3.63) is 29.8 Å². The highest BCUT2D eigenvalue weighted by atomic mass is 32.2. The van der Waals surface area contributed by atoms with Crippen LogP contribution in [0.4, 0.5) is 0 Å². The van der Waals surface area contributed by atoms with Crippen molar-refractivity contribution in [2.75, 3.05) is 26.7 Å². The molecule has 0 aliphatic rings. The third-order valence-corrected chi connectivity index (χ3v) is 5.86. The van der Waals surface area contributed by atoms with Crippen molar-refractivity contribution < 1.29 is 27.5 Å². The minimum Gasteiger partial charge on any atom is -0.452 e. The molecule has 0 radical (unpaired) electrons. The van der Waals surface area contributed by atoms with Crippen LogP contribution in [-0.2, 0) is 24.3 Å². The number of rotatable bonds is 10. The molecule has 156 valence electrons. The molecule has 0 aromatic heterocycles. The van der Waals surface area contributed by atoms with Gasteiger partial charge in [0.1, 0.15) is 0 Å². The zero-order chi connectivity index (χ0) is 21.3. The monoisotopic (exact) mass is 413 g/mol. The molecule has 0 fully saturated rings. The van der Waals surface area contributed by atoms with Crippen molar-refractivity contribution in [2.24, 2.45) is 0 Å². The summed E-state index contributed by atoms with van der Waals surface area (Å²) in [6, 6.07) is 5.15. The third-order valence-electron chi connectivity index (χ3n) is 3.83. The summed E-state index contributed by atoms with van der Waals surface area (Å²) >= 11 is 0. The van der Waals surface area contributed by atoms with E-state index in [2.05, 4.69) is 10.6 Å². The van der Waals surface area contributed by atoms with Gasteiger partial charge < -0.3 is 15.4 Å². The smallest absolute Gasteiger partial charge is 0.338 e. The Balaban J connectivity index is 2.66. The molecule has 1 aromatic rings. The Morgan fingerprint density at radius 3 is 2.43 bits per heavy atom. The summed E-state index contributed by atoms with van der Waals surface area (Å²) in [5.74, 6) is -1.81. The van der Waals surface area contributed by atoms with Crippen LogP contribution < -0.4 is 10.6 Å². The van der Waals surface area contributed by atoms with Gasteiger partial charge in [-0.3, -0.25) is 9.59 Å². The van der Waals surface area contributed by atoms with Crippen LogP contribution in [0.1, 0.15) is 37.6 Å². The standard InChI is InChI=1S/C18H27N3O6S/c1-5-9-19-16(22)11-20-17(23)12-27-18(24)14-7-6-8-15(10-14)28(25,26)21(4)13(2)3/h6-8,10,13H,5,9,11-12H2,1-4H3,(H,19,22)(H,20,23). The van der Waals surface area contributed by atoms with E-state index in [0.717, 1.165) is 6.42 Å². The first-order valence-corrected chi connectivity index (χ1v) is 10.3. The number of carbonyl (C=O) groups is 3. The summed E-state index contributed by atoms with van der Waals surface area (Å²) in [7, 11) is -2.30. The number of hydrogen-bond donors (Lipinski definition) is 2. The third kappa shape index (κ3) is 6.93. The lowest BCUT2D eigenvalue weighted by Gasteiger charge is -2.21. The number of carbonyl (C=O) groups excluding carboxylic acids is 3. The average molecular weight is 413 g/mol. The molecule has 0 saturated carbocycles. The molecule has 1 aromatic carbocycles. The van der Waals surface area contributed by atoms with Crippen LogP contribution in [0.3, 0.4) is 0 Å². The minimum absolute atomic E-state index is 0.00622. The van der Waals surface area contributed by atoms with E-state index < -0.39 is 28.5 Å². The Labute approximate surface area is 165 Å². The summed E-state index contributed by atoms with van der Waals surface area (Å²) < 4.78 is 31.1.